The predicted octanol–water partition coefficient (Wildman–Crippen LogP) is -1.04. The van der Waals surface area contributed by atoms with E-state index in [0.29, 0.717) is 134 Å². The van der Waals surface area contributed by atoms with Gasteiger partial charge in [0, 0.05) is 129 Å². The summed E-state index contributed by atoms with van der Waals surface area (Å²) < 4.78 is 69.6. The molecule has 6 rings (SSSR count). The van der Waals surface area contributed by atoms with Crippen molar-refractivity contribution in [2.45, 2.75) is 41.5 Å². The van der Waals surface area contributed by atoms with Gasteiger partial charge in [0.1, 0.15) is 11.6 Å². The number of amides is 2. The maximum Gasteiger partial charge on any atom is 0.323 e. The molecule has 1 atom stereocenters. The number of ether oxygens (including phenoxy) is 3. The summed E-state index contributed by atoms with van der Waals surface area (Å²) in [5, 5.41) is 59.1. The molecule has 0 unspecified atom stereocenters. The number of carbonyl (C=O) groups is 5. The van der Waals surface area contributed by atoms with E-state index in [4.69, 9.17) is 14.2 Å². The van der Waals surface area contributed by atoms with Gasteiger partial charge in [-0.2, -0.15) is 4.72 Å². The fourth-order valence-corrected chi connectivity index (χ4v) is 11.0. The number of nitrogens with zero attached hydrogens (tertiary/aromatic N) is 6. The predicted molar refractivity (Wildman–Crippen MR) is 332 cm³/mol. The van der Waals surface area contributed by atoms with Crippen LogP contribution in [0.15, 0.2) is 99.9 Å². The smallest absolute Gasteiger partial charge is 0.323 e. The lowest BCUT2D eigenvalue weighted by Gasteiger charge is -2.33. The Hall–Kier alpha value is -7.31. The highest BCUT2D eigenvalue weighted by Crippen LogP contribution is 2.24. The molecule has 3 aromatic carbocycles. The molecule has 5 aromatic rings. The van der Waals surface area contributed by atoms with E-state index in [2.05, 4.69) is 36.0 Å². The molecule has 30 nitrogen and oxygen atoms in total. The Morgan fingerprint density at radius 3 is 1.70 bits per heavy atom. The number of aliphatic hydroxyl groups excluding tert-OH is 1. The molecule has 1 aliphatic heterocycles. The number of aliphatic hydroxyl groups is 2. The van der Waals surface area contributed by atoms with Crippen molar-refractivity contribution < 1.29 is 80.6 Å². The number of hydrogen-bond donors (Lipinski definition) is 11. The molecular formula is C58H84N12O18S2. The molecule has 1 aliphatic rings. The van der Waals surface area contributed by atoms with E-state index in [0.717, 1.165) is 24.8 Å². The Kier molecular flexibility index (Phi) is 30.8. The highest BCUT2D eigenvalue weighted by molar-refractivity contribution is 7.90. The first-order valence-electron chi connectivity index (χ1n) is 29.1. The van der Waals surface area contributed by atoms with E-state index in [1.807, 2.05) is 16.8 Å². The van der Waals surface area contributed by atoms with Crippen LogP contribution in [0, 0.1) is 0 Å². The van der Waals surface area contributed by atoms with E-state index in [9.17, 15) is 71.1 Å². The van der Waals surface area contributed by atoms with Gasteiger partial charge in [0.15, 0.2) is 22.1 Å². The van der Waals surface area contributed by atoms with E-state index in [1.165, 1.54) is 42.6 Å². The summed E-state index contributed by atoms with van der Waals surface area (Å²) in [6.45, 7) is 7.13. The number of aliphatic carboxylic acids is 3. The second kappa shape index (κ2) is 37.8. The number of rotatable bonds is 34. The van der Waals surface area contributed by atoms with Crippen LogP contribution < -0.4 is 31.4 Å². The second-order valence-corrected chi connectivity index (χ2v) is 24.8. The first-order chi connectivity index (χ1) is 42.9. The topological polar surface area (TPSA) is 406 Å². The number of carboxylic acid groups (broad SMARTS) is 3. The van der Waals surface area contributed by atoms with Crippen molar-refractivity contribution in [3.8, 4) is 11.1 Å². The minimum absolute atomic E-state index is 0.0120. The maximum absolute atomic E-state index is 13.2. The molecule has 90 heavy (non-hydrogen) atoms. The Bertz CT molecular complexity index is 3360. The van der Waals surface area contributed by atoms with Crippen LogP contribution >= 0.6 is 0 Å². The number of aryl methyl sites for hydroxylation is 1. The summed E-state index contributed by atoms with van der Waals surface area (Å²) in [5.41, 5.74) is 1.86. The lowest BCUT2D eigenvalue weighted by molar-refractivity contribution is -0.140. The van der Waals surface area contributed by atoms with Crippen molar-refractivity contribution in [3.05, 3.63) is 107 Å². The summed E-state index contributed by atoms with van der Waals surface area (Å²) in [4.78, 5) is 87.7. The highest BCUT2D eigenvalue weighted by Gasteiger charge is 2.28. The molecule has 2 aromatic heterocycles. The van der Waals surface area contributed by atoms with E-state index < -0.39 is 68.0 Å². The van der Waals surface area contributed by atoms with Gasteiger partial charge in [0.2, 0.25) is 21.4 Å². The Labute approximate surface area is 522 Å². The van der Waals surface area contributed by atoms with Gasteiger partial charge < -0.3 is 70.6 Å². The van der Waals surface area contributed by atoms with Gasteiger partial charge >= 0.3 is 17.9 Å². The molecular weight excluding hydrogens is 1220 g/mol. The minimum Gasteiger partial charge on any atom is -0.480 e. The van der Waals surface area contributed by atoms with Crippen LogP contribution in [-0.2, 0) is 66.8 Å². The van der Waals surface area contributed by atoms with Crippen LogP contribution in [0.2, 0.25) is 0 Å². The highest BCUT2D eigenvalue weighted by atomic mass is 32.2. The largest absolute Gasteiger partial charge is 0.480 e. The van der Waals surface area contributed by atoms with Crippen molar-refractivity contribution in [1.82, 2.24) is 54.8 Å². The minimum atomic E-state index is -4.35. The number of sulfone groups is 1. The molecule has 0 aliphatic carbocycles. The average Bonchev–Trinajstić information content (AvgIpc) is 0.879. The van der Waals surface area contributed by atoms with Crippen molar-refractivity contribution >= 4 is 66.4 Å². The fourth-order valence-electron chi connectivity index (χ4n) is 9.20. The van der Waals surface area contributed by atoms with E-state index >= 15 is 0 Å². The Morgan fingerprint density at radius 2 is 1.20 bits per heavy atom. The Balaban J connectivity index is 0.000000329. The number of imidazole rings is 1. The van der Waals surface area contributed by atoms with Crippen molar-refractivity contribution in [2.24, 2.45) is 7.05 Å². The van der Waals surface area contributed by atoms with Crippen LogP contribution in [0.25, 0.3) is 22.0 Å². The van der Waals surface area contributed by atoms with Gasteiger partial charge in [-0.05, 0) is 79.5 Å². The van der Waals surface area contributed by atoms with Crippen LogP contribution in [0.3, 0.4) is 0 Å². The standard InChI is InChI=1S/C31H30N6O8S2.C27H54N6O10/c1-37-18-25(28(38)24-12-3-19(15-27(24)37)16-35-31-32-13-14-33-31)29(39)34-17-26(30(40)41)36-47(44,45)23-10-6-21(7-11-23)20-4-8-22(9-5-20)46(2,42)43;1-28-4-2-14-41-16-18-43-19-17-42-15-3-5-29-24(34)20-30-6-8-31(21-25(35)36)10-12-33(23-27(39)40)13-11-32(9-7-30)22-26(37)38/h3-15,18,26,36H,16-17H2,1-2H3,(H,34,39)(H,40,41)(H2,32,33,35);25,28,35-36H,2-23H2,1H3,(H,29,34)(H,37,38)(H,39,40)/t26-;/m0./s1. The van der Waals surface area contributed by atoms with Gasteiger partial charge in [0.05, 0.1) is 61.4 Å². The van der Waals surface area contributed by atoms with Gasteiger partial charge in [-0.1, -0.05) is 30.3 Å². The number of aromatic nitrogens is 3. The third-order valence-electron chi connectivity index (χ3n) is 14.0. The van der Waals surface area contributed by atoms with Gasteiger partial charge in [-0.15, -0.1) is 0 Å². The van der Waals surface area contributed by atoms with E-state index in [1.54, 1.807) is 64.1 Å². The first kappa shape index (κ1) is 73.4. The molecule has 0 bridgehead atoms. The number of aromatic amines is 1. The summed E-state index contributed by atoms with van der Waals surface area (Å²) in [6.07, 6.45) is 5.77. The Morgan fingerprint density at radius 1 is 0.678 bits per heavy atom. The number of hydrogen-bond acceptors (Lipinski definition) is 22. The number of fused-ring (bicyclic) bond motifs is 1. The zero-order valence-corrected chi connectivity index (χ0v) is 52.4. The fraction of sp³-hybridized carbons (Fsp3) is 0.500. The quantitative estimate of drug-likeness (QED) is 0.0173. The van der Waals surface area contributed by atoms with E-state index in [-0.39, 0.29) is 52.8 Å². The third-order valence-corrected chi connectivity index (χ3v) is 16.6. The number of H-pyrrole nitrogens is 1. The van der Waals surface area contributed by atoms with Gasteiger partial charge in [-0.3, -0.25) is 48.4 Å². The lowest BCUT2D eigenvalue weighted by atomic mass is 10.1. The number of anilines is 1. The number of nitrogens with one attached hydrogen (secondary N) is 6. The normalized spacial score (nSPS) is 14.6. The SMILES string of the molecule is CNCCCOCCOCCOCCCNC(=O)CN1CCN(CC(=O)O)CCN(CC(=O)O)CCN(CC(O)O)CC1.Cn1cc(C(=O)NC[C@H](NS(=O)(=O)c2ccc(-c3ccc(S(C)(=O)=O)cc3)cc2)C(=O)O)c(=O)c2ccc(CNc3ncc[nH]3)cc21. The number of benzene rings is 3. The monoisotopic (exact) mass is 1300 g/mol. The molecule has 32 heteroatoms. The summed E-state index contributed by atoms with van der Waals surface area (Å²) >= 11 is 0. The van der Waals surface area contributed by atoms with Crippen molar-refractivity contribution in [3.63, 3.8) is 0 Å². The molecule has 496 valence electrons. The third kappa shape index (κ3) is 26.3. The molecule has 0 spiro atoms. The average molecular weight is 1300 g/mol. The van der Waals surface area contributed by atoms with Crippen LogP contribution in [-0.4, -0.2) is 270 Å². The number of carbonyl (C=O) groups excluding carboxylic acids is 2. The second-order valence-electron chi connectivity index (χ2n) is 21.1. The molecule has 0 saturated carbocycles. The summed E-state index contributed by atoms with van der Waals surface area (Å²) in [6, 6.07) is 15.0. The lowest BCUT2D eigenvalue weighted by Crippen LogP contribution is -2.50. The molecule has 0 radical (unpaired) electrons. The number of β-amino-alcohol motifs (C(OH)–C–C–N with tert-alkyl or cyclic N) is 2. The zero-order valence-electron chi connectivity index (χ0n) is 50.8. The summed E-state index contributed by atoms with van der Waals surface area (Å²) in [7, 11) is -4.16. The first-order valence-corrected chi connectivity index (χ1v) is 32.4. The van der Waals surface area contributed by atoms with Crippen molar-refractivity contribution in [2.75, 3.05) is 156 Å². The molecule has 3 heterocycles. The number of sulfonamides is 1. The maximum atomic E-state index is 13.2. The van der Waals surface area contributed by atoms with Gasteiger partial charge in [0.25, 0.3) is 5.91 Å². The zero-order chi connectivity index (χ0) is 65.6. The summed E-state index contributed by atoms with van der Waals surface area (Å²) in [5.74, 6) is -3.97. The van der Waals surface area contributed by atoms with Crippen molar-refractivity contribution in [1.29, 1.82) is 0 Å². The van der Waals surface area contributed by atoms with Crippen LogP contribution in [0.1, 0.15) is 28.8 Å². The molecule has 1 saturated heterocycles. The number of pyridine rings is 1. The molecule has 11 N–H and O–H groups in total. The van der Waals surface area contributed by atoms with Crippen LogP contribution in [0.4, 0.5) is 5.95 Å². The number of carboxylic acids is 3. The van der Waals surface area contributed by atoms with Gasteiger partial charge in [-0.25, -0.2) is 21.8 Å². The van der Waals surface area contributed by atoms with Crippen LogP contribution in [0.5, 0.6) is 0 Å². The molecule has 2 amide bonds. The molecule has 1 fully saturated rings.